The van der Waals surface area contributed by atoms with E-state index in [2.05, 4.69) is 10.0 Å². The van der Waals surface area contributed by atoms with E-state index in [9.17, 15) is 8.42 Å². The zero-order chi connectivity index (χ0) is 15.3. The molecule has 0 amide bonds. The van der Waals surface area contributed by atoms with Crippen molar-refractivity contribution in [3.63, 3.8) is 0 Å². The van der Waals surface area contributed by atoms with E-state index >= 15 is 0 Å². The molecule has 0 aromatic heterocycles. The highest BCUT2D eigenvalue weighted by atomic mass is 32.2. The average molecular weight is 310 g/mol. The lowest BCUT2D eigenvalue weighted by atomic mass is 9.87. The normalized spacial score (nSPS) is 16.7. The first-order chi connectivity index (χ1) is 9.94. The Kier molecular flexibility index (Phi) is 5.51. The molecule has 1 aromatic carbocycles. The molecule has 0 unspecified atom stereocenters. The Labute approximate surface area is 128 Å². The molecule has 118 valence electrons. The molecule has 1 aromatic rings. The van der Waals surface area contributed by atoms with Crippen molar-refractivity contribution in [1.82, 2.24) is 0 Å². The van der Waals surface area contributed by atoms with Crippen LogP contribution in [0.1, 0.15) is 44.1 Å². The van der Waals surface area contributed by atoms with E-state index in [1.807, 2.05) is 25.1 Å². The van der Waals surface area contributed by atoms with Crippen LogP contribution in [0, 0.1) is 12.8 Å². The van der Waals surface area contributed by atoms with Crippen LogP contribution >= 0.6 is 0 Å². The van der Waals surface area contributed by atoms with E-state index in [4.69, 9.17) is 0 Å². The van der Waals surface area contributed by atoms with Crippen LogP contribution in [0.2, 0.25) is 0 Å². The van der Waals surface area contributed by atoms with Gasteiger partial charge < -0.3 is 5.32 Å². The monoisotopic (exact) mass is 310 g/mol. The molecule has 4 nitrogen and oxygen atoms in total. The number of benzene rings is 1. The van der Waals surface area contributed by atoms with E-state index in [0.29, 0.717) is 5.69 Å². The number of nitrogens with one attached hydrogen (secondary N) is 2. The van der Waals surface area contributed by atoms with E-state index in [-0.39, 0.29) is 0 Å². The fraction of sp³-hybridized carbons (Fsp3) is 0.625. The van der Waals surface area contributed by atoms with E-state index in [0.717, 1.165) is 23.7 Å². The second-order valence-corrected chi connectivity index (χ2v) is 7.87. The van der Waals surface area contributed by atoms with Crippen LogP contribution in [0.4, 0.5) is 11.4 Å². The van der Waals surface area contributed by atoms with Gasteiger partial charge in [-0.15, -0.1) is 0 Å². The van der Waals surface area contributed by atoms with Gasteiger partial charge >= 0.3 is 0 Å². The molecule has 21 heavy (non-hydrogen) atoms. The molecule has 5 heteroatoms. The van der Waals surface area contributed by atoms with Gasteiger partial charge in [0.25, 0.3) is 0 Å². The zero-order valence-electron chi connectivity index (χ0n) is 13.0. The number of sulfonamides is 1. The third-order valence-corrected chi connectivity index (χ3v) is 4.72. The molecule has 1 aliphatic rings. The average Bonchev–Trinajstić information content (AvgIpc) is 2.42. The van der Waals surface area contributed by atoms with Crippen molar-refractivity contribution in [2.75, 3.05) is 22.8 Å². The molecule has 0 spiro atoms. The van der Waals surface area contributed by atoms with Crippen molar-refractivity contribution in [2.45, 2.75) is 45.4 Å². The highest BCUT2D eigenvalue weighted by Crippen LogP contribution is 2.26. The van der Waals surface area contributed by atoms with Gasteiger partial charge in [0, 0.05) is 12.2 Å². The predicted molar refractivity (Wildman–Crippen MR) is 89.3 cm³/mol. The van der Waals surface area contributed by atoms with Gasteiger partial charge in [0.05, 0.1) is 11.9 Å². The number of aryl methyl sites for hydroxylation is 1. The summed E-state index contributed by atoms with van der Waals surface area (Å²) in [4.78, 5) is 0. The quantitative estimate of drug-likeness (QED) is 0.841. The van der Waals surface area contributed by atoms with Gasteiger partial charge in [-0.05, 0) is 43.0 Å². The number of hydrogen-bond acceptors (Lipinski definition) is 3. The molecular weight excluding hydrogens is 284 g/mol. The lowest BCUT2D eigenvalue weighted by molar-refractivity contribution is 0.345. The lowest BCUT2D eigenvalue weighted by Gasteiger charge is -2.21. The van der Waals surface area contributed by atoms with Crippen molar-refractivity contribution in [2.24, 2.45) is 5.92 Å². The minimum absolute atomic E-state index is 0.648. The standard InChI is InChI=1S/C16H26N2O2S/c1-13-12-15(8-9-16(13)18-21(2,19)20)17-11-10-14-6-4-3-5-7-14/h8-9,12,14,17-18H,3-7,10-11H2,1-2H3. The van der Waals surface area contributed by atoms with E-state index in [1.165, 1.54) is 44.8 Å². The summed E-state index contributed by atoms with van der Waals surface area (Å²) in [6, 6.07) is 5.75. The molecule has 0 saturated heterocycles. The van der Waals surface area contributed by atoms with Gasteiger partial charge in [-0.2, -0.15) is 0 Å². The summed E-state index contributed by atoms with van der Waals surface area (Å²) < 4.78 is 25.0. The van der Waals surface area contributed by atoms with Crippen LogP contribution in [0.3, 0.4) is 0 Å². The fourth-order valence-corrected chi connectivity index (χ4v) is 3.61. The molecular formula is C16H26N2O2S. The summed E-state index contributed by atoms with van der Waals surface area (Å²) in [7, 11) is -3.21. The summed E-state index contributed by atoms with van der Waals surface area (Å²) in [5.74, 6) is 0.874. The highest BCUT2D eigenvalue weighted by molar-refractivity contribution is 7.92. The highest BCUT2D eigenvalue weighted by Gasteiger charge is 2.12. The van der Waals surface area contributed by atoms with Gasteiger partial charge in [-0.25, -0.2) is 8.42 Å². The minimum atomic E-state index is -3.21. The van der Waals surface area contributed by atoms with Crippen LogP contribution in [-0.2, 0) is 10.0 Å². The van der Waals surface area contributed by atoms with Gasteiger partial charge in [0.1, 0.15) is 0 Å². The molecule has 0 bridgehead atoms. The molecule has 0 radical (unpaired) electrons. The summed E-state index contributed by atoms with van der Waals surface area (Å²) in [5, 5.41) is 3.45. The third-order valence-electron chi connectivity index (χ3n) is 4.13. The number of rotatable bonds is 6. The number of anilines is 2. The van der Waals surface area contributed by atoms with Crippen molar-refractivity contribution in [3.05, 3.63) is 23.8 Å². The Balaban J connectivity index is 1.85. The summed E-state index contributed by atoms with van der Waals surface area (Å²) in [6.07, 6.45) is 9.31. The Morgan fingerprint density at radius 1 is 1.19 bits per heavy atom. The third kappa shape index (κ3) is 5.58. The first-order valence-corrected chi connectivity index (χ1v) is 9.65. The molecule has 1 aliphatic carbocycles. The van der Waals surface area contributed by atoms with Crippen LogP contribution in [0.15, 0.2) is 18.2 Å². The Bertz CT molecular complexity index is 564. The zero-order valence-corrected chi connectivity index (χ0v) is 13.8. The molecule has 0 heterocycles. The second kappa shape index (κ2) is 7.16. The molecule has 0 atom stereocenters. The smallest absolute Gasteiger partial charge is 0.229 e. The van der Waals surface area contributed by atoms with Crippen LogP contribution in [0.25, 0.3) is 0 Å². The molecule has 1 saturated carbocycles. The minimum Gasteiger partial charge on any atom is -0.385 e. The predicted octanol–water partition coefficient (Wildman–Crippen LogP) is 3.75. The second-order valence-electron chi connectivity index (χ2n) is 6.12. The van der Waals surface area contributed by atoms with E-state index < -0.39 is 10.0 Å². The topological polar surface area (TPSA) is 58.2 Å². The van der Waals surface area contributed by atoms with Gasteiger partial charge in [-0.1, -0.05) is 32.1 Å². The summed E-state index contributed by atoms with van der Waals surface area (Å²) >= 11 is 0. The van der Waals surface area contributed by atoms with Crippen LogP contribution in [-0.4, -0.2) is 21.2 Å². The number of hydrogen-bond donors (Lipinski definition) is 2. The van der Waals surface area contributed by atoms with Gasteiger partial charge in [0.15, 0.2) is 0 Å². The van der Waals surface area contributed by atoms with Crippen molar-refractivity contribution in [1.29, 1.82) is 0 Å². The Hall–Kier alpha value is -1.23. The molecule has 0 aliphatic heterocycles. The van der Waals surface area contributed by atoms with Gasteiger partial charge in [0.2, 0.25) is 10.0 Å². The fourth-order valence-electron chi connectivity index (χ4n) is 2.98. The van der Waals surface area contributed by atoms with Crippen molar-refractivity contribution < 1.29 is 8.42 Å². The maximum absolute atomic E-state index is 11.3. The first kappa shape index (κ1) is 16.1. The van der Waals surface area contributed by atoms with Gasteiger partial charge in [-0.3, -0.25) is 4.72 Å². The van der Waals surface area contributed by atoms with Crippen LogP contribution < -0.4 is 10.0 Å². The molecule has 2 rings (SSSR count). The maximum atomic E-state index is 11.3. The summed E-state index contributed by atoms with van der Waals surface area (Å²) in [5.41, 5.74) is 2.64. The Morgan fingerprint density at radius 2 is 1.90 bits per heavy atom. The molecule has 2 N–H and O–H groups in total. The largest absolute Gasteiger partial charge is 0.385 e. The van der Waals surface area contributed by atoms with Crippen LogP contribution in [0.5, 0.6) is 0 Å². The molecule has 1 fully saturated rings. The maximum Gasteiger partial charge on any atom is 0.229 e. The lowest BCUT2D eigenvalue weighted by Crippen LogP contribution is -2.13. The van der Waals surface area contributed by atoms with Crippen molar-refractivity contribution >= 4 is 21.4 Å². The summed E-state index contributed by atoms with van der Waals surface area (Å²) in [6.45, 7) is 2.91. The SMILES string of the molecule is Cc1cc(NCCC2CCCCC2)ccc1NS(C)(=O)=O. The Morgan fingerprint density at radius 3 is 2.52 bits per heavy atom. The van der Waals surface area contributed by atoms with E-state index in [1.54, 1.807) is 0 Å². The first-order valence-electron chi connectivity index (χ1n) is 7.76. The van der Waals surface area contributed by atoms with Crippen molar-refractivity contribution in [3.8, 4) is 0 Å².